The molecule has 5 heteroatoms. The van der Waals surface area contributed by atoms with Gasteiger partial charge in [0.2, 0.25) is 0 Å². The third-order valence-corrected chi connectivity index (χ3v) is 4.64. The highest BCUT2D eigenvalue weighted by Gasteiger charge is 2.15. The lowest BCUT2D eigenvalue weighted by atomic mass is 10.00. The third-order valence-electron chi connectivity index (χ3n) is 3.06. The molecule has 2 rings (SSSR count). The maximum absolute atomic E-state index is 6.25. The molecule has 0 fully saturated rings. The van der Waals surface area contributed by atoms with Crippen molar-refractivity contribution in [1.29, 1.82) is 0 Å². The van der Waals surface area contributed by atoms with Gasteiger partial charge in [0.15, 0.2) is 0 Å². The lowest BCUT2D eigenvalue weighted by molar-refractivity contribution is 0.338. The van der Waals surface area contributed by atoms with Crippen molar-refractivity contribution in [2.24, 2.45) is 0 Å². The lowest BCUT2D eigenvalue weighted by Gasteiger charge is -2.19. The van der Waals surface area contributed by atoms with Gasteiger partial charge in [-0.1, -0.05) is 24.6 Å². The second kappa shape index (κ2) is 7.96. The van der Waals surface area contributed by atoms with E-state index < -0.39 is 0 Å². The van der Waals surface area contributed by atoms with Crippen LogP contribution in [-0.2, 0) is 0 Å². The molecule has 21 heavy (non-hydrogen) atoms. The van der Waals surface area contributed by atoms with Crippen LogP contribution < -0.4 is 10.1 Å². The quantitative estimate of drug-likeness (QED) is 0.707. The summed E-state index contributed by atoms with van der Waals surface area (Å²) in [5, 5.41) is 4.24. The molecule has 3 nitrogen and oxygen atoms in total. The van der Waals surface area contributed by atoms with E-state index in [-0.39, 0.29) is 6.04 Å². The lowest BCUT2D eigenvalue weighted by Crippen LogP contribution is -2.22. The molecule has 2 aromatic rings. The van der Waals surface area contributed by atoms with E-state index in [1.54, 1.807) is 6.20 Å². The largest absolute Gasteiger partial charge is 0.492 e. The highest BCUT2D eigenvalue weighted by molar-refractivity contribution is 14.1. The molecule has 1 heterocycles. The minimum Gasteiger partial charge on any atom is -0.492 e. The number of rotatable bonds is 6. The van der Waals surface area contributed by atoms with Gasteiger partial charge in [0, 0.05) is 9.77 Å². The molecule has 1 atom stereocenters. The van der Waals surface area contributed by atoms with Crippen molar-refractivity contribution in [3.63, 3.8) is 0 Å². The first-order valence-electron chi connectivity index (χ1n) is 6.91. The average molecular weight is 417 g/mol. The second-order valence-electron chi connectivity index (χ2n) is 4.55. The summed E-state index contributed by atoms with van der Waals surface area (Å²) < 4.78 is 6.59. The zero-order chi connectivity index (χ0) is 15.2. The van der Waals surface area contributed by atoms with E-state index in [1.165, 1.54) is 0 Å². The van der Waals surface area contributed by atoms with Crippen molar-refractivity contribution in [3.8, 4) is 5.75 Å². The van der Waals surface area contributed by atoms with E-state index in [1.807, 2.05) is 31.3 Å². The van der Waals surface area contributed by atoms with Gasteiger partial charge in [-0.2, -0.15) is 0 Å². The Hall–Kier alpha value is -0.850. The molecule has 0 amide bonds. The number of hydrogen-bond donors (Lipinski definition) is 1. The second-order valence-corrected chi connectivity index (χ2v) is 6.12. The van der Waals surface area contributed by atoms with Crippen LogP contribution >= 0.6 is 34.2 Å². The highest BCUT2D eigenvalue weighted by atomic mass is 127. The first-order chi connectivity index (χ1) is 10.2. The third kappa shape index (κ3) is 4.31. The van der Waals surface area contributed by atoms with E-state index in [2.05, 4.69) is 45.9 Å². The molecule has 112 valence electrons. The predicted octanol–water partition coefficient (Wildman–Crippen LogP) is 4.44. The van der Waals surface area contributed by atoms with Gasteiger partial charge in [0.25, 0.3) is 0 Å². The van der Waals surface area contributed by atoms with Crippen molar-refractivity contribution in [2.45, 2.75) is 19.9 Å². The summed E-state index contributed by atoms with van der Waals surface area (Å²) in [6.07, 6.45) is 3.60. The van der Waals surface area contributed by atoms with Crippen LogP contribution in [0.4, 0.5) is 0 Å². The zero-order valence-corrected chi connectivity index (χ0v) is 15.0. The van der Waals surface area contributed by atoms with Gasteiger partial charge >= 0.3 is 0 Å². The van der Waals surface area contributed by atoms with Gasteiger partial charge in [-0.25, -0.2) is 0 Å². The van der Waals surface area contributed by atoms with Crippen LogP contribution in [0, 0.1) is 3.57 Å². The molecule has 0 aliphatic rings. The van der Waals surface area contributed by atoms with Crippen LogP contribution in [0.3, 0.4) is 0 Å². The Bertz CT molecular complexity index is 607. The molecular formula is C16H18ClIN2O. The smallest absolute Gasteiger partial charge is 0.137 e. The average Bonchev–Trinajstić information content (AvgIpc) is 2.48. The van der Waals surface area contributed by atoms with Crippen molar-refractivity contribution < 1.29 is 4.74 Å². The molecule has 1 unspecified atom stereocenters. The molecule has 0 aliphatic carbocycles. The van der Waals surface area contributed by atoms with E-state index in [9.17, 15) is 0 Å². The van der Waals surface area contributed by atoms with Gasteiger partial charge in [0.1, 0.15) is 5.75 Å². The number of halogens is 2. The van der Waals surface area contributed by atoms with Crippen molar-refractivity contribution in [3.05, 3.63) is 56.4 Å². The first-order valence-corrected chi connectivity index (χ1v) is 8.37. The molecular weight excluding hydrogens is 399 g/mol. The summed E-state index contributed by atoms with van der Waals surface area (Å²) in [4.78, 5) is 4.27. The predicted molar refractivity (Wildman–Crippen MR) is 95.1 cm³/mol. The summed E-state index contributed by atoms with van der Waals surface area (Å²) in [7, 11) is 0. The summed E-state index contributed by atoms with van der Waals surface area (Å²) in [6.45, 7) is 5.54. The summed E-state index contributed by atoms with van der Waals surface area (Å²) in [6, 6.07) is 8.20. The van der Waals surface area contributed by atoms with Gasteiger partial charge in [0.05, 0.1) is 23.9 Å². The van der Waals surface area contributed by atoms with Crippen LogP contribution in [0.25, 0.3) is 0 Å². The van der Waals surface area contributed by atoms with Crippen molar-refractivity contribution in [2.75, 3.05) is 13.2 Å². The number of aromatic nitrogens is 1. The molecule has 0 saturated heterocycles. The molecule has 0 aliphatic heterocycles. The van der Waals surface area contributed by atoms with Gasteiger partial charge < -0.3 is 10.1 Å². The van der Waals surface area contributed by atoms with E-state index in [0.717, 1.165) is 32.0 Å². The Morgan fingerprint density at radius 2 is 2.05 bits per heavy atom. The Morgan fingerprint density at radius 1 is 1.24 bits per heavy atom. The van der Waals surface area contributed by atoms with E-state index in [0.29, 0.717) is 6.61 Å². The number of nitrogens with zero attached hydrogens (tertiary/aromatic N) is 1. The maximum Gasteiger partial charge on any atom is 0.137 e. The van der Waals surface area contributed by atoms with Crippen molar-refractivity contribution >= 4 is 34.2 Å². The number of benzene rings is 1. The Labute approximate surface area is 144 Å². The molecule has 1 N–H and O–H groups in total. The fourth-order valence-electron chi connectivity index (χ4n) is 2.16. The number of ether oxygens (including phenoxy) is 1. The molecule has 0 spiro atoms. The molecule has 0 saturated carbocycles. The molecule has 0 radical (unpaired) electrons. The summed E-state index contributed by atoms with van der Waals surface area (Å²) in [5.41, 5.74) is 2.19. The van der Waals surface area contributed by atoms with Crippen LogP contribution in [0.1, 0.15) is 31.0 Å². The van der Waals surface area contributed by atoms with Crippen LogP contribution in [0.5, 0.6) is 5.75 Å². The zero-order valence-electron chi connectivity index (χ0n) is 12.1. The van der Waals surface area contributed by atoms with E-state index in [4.69, 9.17) is 16.3 Å². The molecule has 0 bridgehead atoms. The standard InChI is InChI=1S/C16H18ClIN2O/c1-3-20-16(11-5-6-15(18)14(17)8-11)12-7-13(21-4-2)10-19-9-12/h5-10,16,20H,3-4H2,1-2H3. The summed E-state index contributed by atoms with van der Waals surface area (Å²) >= 11 is 8.48. The Balaban J connectivity index is 2.37. The van der Waals surface area contributed by atoms with Crippen molar-refractivity contribution in [1.82, 2.24) is 10.3 Å². The molecule has 1 aromatic heterocycles. The number of hydrogen-bond acceptors (Lipinski definition) is 3. The van der Waals surface area contributed by atoms with Crippen LogP contribution in [0.2, 0.25) is 5.02 Å². The summed E-state index contributed by atoms with van der Waals surface area (Å²) in [5.74, 6) is 0.787. The number of pyridine rings is 1. The van der Waals surface area contributed by atoms with Gasteiger partial charge in [-0.05, 0) is 65.4 Å². The SMILES string of the molecule is CCNC(c1cncc(OCC)c1)c1ccc(I)c(Cl)c1. The minimum atomic E-state index is 0.0532. The normalized spacial score (nSPS) is 12.2. The van der Waals surface area contributed by atoms with Crippen LogP contribution in [0.15, 0.2) is 36.7 Å². The van der Waals surface area contributed by atoms with E-state index >= 15 is 0 Å². The maximum atomic E-state index is 6.25. The monoisotopic (exact) mass is 416 g/mol. The highest BCUT2D eigenvalue weighted by Crippen LogP contribution is 2.28. The topological polar surface area (TPSA) is 34.2 Å². The first kappa shape index (κ1) is 16.5. The van der Waals surface area contributed by atoms with Gasteiger partial charge in [-0.15, -0.1) is 0 Å². The fraction of sp³-hybridized carbons (Fsp3) is 0.312. The van der Waals surface area contributed by atoms with Crippen LogP contribution in [-0.4, -0.2) is 18.1 Å². The Morgan fingerprint density at radius 3 is 2.71 bits per heavy atom. The molecule has 1 aromatic carbocycles. The fourth-order valence-corrected chi connectivity index (χ4v) is 2.69. The van der Waals surface area contributed by atoms with Gasteiger partial charge in [-0.3, -0.25) is 4.98 Å². The minimum absolute atomic E-state index is 0.0532. The Kier molecular flexibility index (Phi) is 6.26. The number of nitrogens with one attached hydrogen (secondary N) is 1.